The van der Waals surface area contributed by atoms with Crippen molar-refractivity contribution in [1.29, 1.82) is 0 Å². The fraction of sp³-hybridized carbons (Fsp3) is 0.611. The third-order valence-corrected chi connectivity index (χ3v) is 6.04. The highest BCUT2D eigenvalue weighted by molar-refractivity contribution is 5.89. The molecule has 2 aliphatic carbocycles. The average Bonchev–Trinajstić information content (AvgIpc) is 2.95. The summed E-state index contributed by atoms with van der Waals surface area (Å²) in [4.78, 5) is 14.8. The summed E-state index contributed by atoms with van der Waals surface area (Å²) in [6, 6.07) is -1.48. The van der Waals surface area contributed by atoms with Crippen molar-refractivity contribution in [2.75, 3.05) is 20.6 Å². The molecule has 2 bridgehead atoms. The van der Waals surface area contributed by atoms with Crippen LogP contribution in [0.3, 0.4) is 0 Å². The van der Waals surface area contributed by atoms with E-state index in [0.29, 0.717) is 36.9 Å². The first-order valence-electron chi connectivity index (χ1n) is 10.8. The zero-order valence-electron chi connectivity index (χ0n) is 18.4. The molecule has 4 atom stereocenters. The monoisotopic (exact) mass is 305 g/mol. The number of ketones is 1. The quantitative estimate of drug-likeness (QED) is 0.795. The van der Waals surface area contributed by atoms with Gasteiger partial charge >= 0.3 is 0 Å². The molecule has 1 saturated carbocycles. The van der Waals surface area contributed by atoms with Crippen LogP contribution in [0.1, 0.15) is 38.6 Å². The summed E-state index contributed by atoms with van der Waals surface area (Å²) in [5.74, 6) is -0.378. The Balaban J connectivity index is 1.84. The molecule has 0 radical (unpaired) electrons. The van der Waals surface area contributed by atoms with Gasteiger partial charge in [-0.3, -0.25) is 4.79 Å². The van der Waals surface area contributed by atoms with E-state index in [1.165, 1.54) is 0 Å². The molecular weight excluding hydrogens is 278 g/mol. The SMILES string of the molecule is [2H]c1c([2H])c(OC([2H])([2H])[2H])c2c3c1C[C@]1([2H])[C@@H]4CCC(=O)C(O2)[C@]34CCN1C. The summed E-state index contributed by atoms with van der Waals surface area (Å²) >= 11 is 0. The molecule has 2 aliphatic heterocycles. The first-order valence-corrected chi connectivity index (χ1v) is 7.77. The second kappa shape index (κ2) is 4.05. The molecule has 0 amide bonds. The predicted octanol–water partition coefficient (Wildman–Crippen LogP) is 1.93. The lowest BCUT2D eigenvalue weighted by Crippen LogP contribution is -2.65. The van der Waals surface area contributed by atoms with Crippen LogP contribution in [0.25, 0.3) is 0 Å². The van der Waals surface area contributed by atoms with Crippen molar-refractivity contribution >= 4 is 5.78 Å². The molecule has 22 heavy (non-hydrogen) atoms. The van der Waals surface area contributed by atoms with E-state index >= 15 is 0 Å². The fourth-order valence-corrected chi connectivity index (χ4v) is 5.15. The molecule has 4 nitrogen and oxygen atoms in total. The summed E-state index contributed by atoms with van der Waals surface area (Å²) in [6.45, 7) is 0.609. The molecule has 0 N–H and O–H groups in total. The molecule has 1 saturated heterocycles. The van der Waals surface area contributed by atoms with E-state index < -0.39 is 24.6 Å². The molecule has 116 valence electrons. The summed E-state index contributed by atoms with van der Waals surface area (Å²) in [6.07, 6.45) is 0.915. The Bertz CT molecular complexity index is 918. The number of likely N-dealkylation sites (tertiary alicyclic amines) is 1. The number of carbonyl (C=O) groups is 1. The minimum atomic E-state index is -2.80. The number of piperidine rings is 1. The Morgan fingerprint density at radius 1 is 1.59 bits per heavy atom. The molecule has 1 spiro atoms. The highest BCUT2D eigenvalue weighted by Gasteiger charge is 2.65. The van der Waals surface area contributed by atoms with Gasteiger partial charge in [-0.1, -0.05) is 6.04 Å². The van der Waals surface area contributed by atoms with Crippen LogP contribution in [0, 0.1) is 5.92 Å². The van der Waals surface area contributed by atoms with Gasteiger partial charge in [-0.05, 0) is 50.4 Å². The molecule has 5 rings (SSSR count). The molecule has 1 unspecified atom stereocenters. The molecular formula is C18H21NO3. The fourth-order valence-electron chi connectivity index (χ4n) is 5.15. The maximum absolute atomic E-state index is 12.8. The third kappa shape index (κ3) is 1.27. The Labute approximate surface area is 138 Å². The lowest BCUT2D eigenvalue weighted by Gasteiger charge is -2.57. The number of nitrogens with zero attached hydrogens (tertiary/aromatic N) is 1. The van der Waals surface area contributed by atoms with Gasteiger partial charge in [0.2, 0.25) is 0 Å². The zero-order valence-corrected chi connectivity index (χ0v) is 12.4. The van der Waals surface area contributed by atoms with Gasteiger partial charge < -0.3 is 14.4 Å². The van der Waals surface area contributed by atoms with Crippen LogP contribution >= 0.6 is 0 Å². The van der Waals surface area contributed by atoms with Gasteiger partial charge in [-0.15, -0.1) is 0 Å². The predicted molar refractivity (Wildman–Crippen MR) is 81.6 cm³/mol. The van der Waals surface area contributed by atoms with Crippen LogP contribution < -0.4 is 9.47 Å². The minimum Gasteiger partial charge on any atom is -0.493 e. The molecule has 2 heterocycles. The van der Waals surface area contributed by atoms with Crippen molar-refractivity contribution < 1.29 is 22.5 Å². The lowest BCUT2D eigenvalue weighted by molar-refractivity contribution is -0.138. The smallest absolute Gasteiger partial charge is 0.174 e. The average molecular weight is 305 g/mol. The van der Waals surface area contributed by atoms with E-state index in [1.807, 2.05) is 11.9 Å². The number of hydrogen-bond acceptors (Lipinski definition) is 4. The van der Waals surface area contributed by atoms with Gasteiger partial charge in [0.15, 0.2) is 23.4 Å². The number of methoxy groups -OCH3 is 1. The third-order valence-electron chi connectivity index (χ3n) is 6.04. The van der Waals surface area contributed by atoms with Gasteiger partial charge in [0.05, 0.1) is 13.9 Å². The van der Waals surface area contributed by atoms with Crippen LogP contribution in [0.2, 0.25) is 0 Å². The van der Waals surface area contributed by atoms with E-state index in [0.717, 1.165) is 0 Å². The molecule has 4 aliphatic rings. The second-order valence-electron chi connectivity index (χ2n) is 6.80. The van der Waals surface area contributed by atoms with E-state index in [9.17, 15) is 6.17 Å². The van der Waals surface area contributed by atoms with E-state index in [2.05, 4.69) is 0 Å². The summed E-state index contributed by atoms with van der Waals surface area (Å²) in [5, 5.41) is 0. The lowest BCUT2D eigenvalue weighted by atomic mass is 9.52. The van der Waals surface area contributed by atoms with Crippen LogP contribution in [0.4, 0.5) is 0 Å². The molecule has 1 aromatic carbocycles. The van der Waals surface area contributed by atoms with Crippen LogP contribution in [-0.4, -0.2) is 43.4 Å². The van der Waals surface area contributed by atoms with E-state index in [-0.39, 0.29) is 41.7 Å². The highest BCUT2D eigenvalue weighted by atomic mass is 16.5. The normalized spacial score (nSPS) is 46.3. The number of carbonyl (C=O) groups excluding carboxylic acids is 1. The molecule has 0 aromatic heterocycles. The summed E-state index contributed by atoms with van der Waals surface area (Å²) < 4.78 is 59.6. The first-order chi connectivity index (χ1) is 13.0. The molecule has 1 aromatic rings. The van der Waals surface area contributed by atoms with Crippen molar-refractivity contribution in [2.45, 2.75) is 43.2 Å². The van der Waals surface area contributed by atoms with Gasteiger partial charge in [0, 0.05) is 24.8 Å². The largest absolute Gasteiger partial charge is 0.493 e. The standard InChI is InChI=1S/C18H21NO3/c1-19-8-7-18-11-4-5-13(20)17(18)22-16-14(21-2)6-3-10(15(16)18)9-12(11)19/h3,6,11-12,17H,4-5,7-9H2,1-2H3/t11-,12+,17?,18-/m0/s1/i2D3,3D,6D,12D. The van der Waals surface area contributed by atoms with Crippen molar-refractivity contribution in [3.63, 3.8) is 0 Å². The number of likely N-dealkylation sites (N-methyl/N-ethyl adjacent to an activating group) is 1. The Morgan fingerprint density at radius 3 is 3.36 bits per heavy atom. The number of ether oxygens (including phenoxy) is 2. The Kier molecular flexibility index (Phi) is 1.53. The Hall–Kier alpha value is -1.55. The molecule has 2 fully saturated rings. The minimum absolute atomic E-state index is 0.0647. The number of benzene rings is 1. The number of hydrogen-bond donors (Lipinski definition) is 0. The van der Waals surface area contributed by atoms with Crippen molar-refractivity contribution in [1.82, 2.24) is 4.90 Å². The zero-order chi connectivity index (χ0) is 20.2. The Morgan fingerprint density at radius 2 is 2.50 bits per heavy atom. The van der Waals surface area contributed by atoms with Crippen molar-refractivity contribution in [3.8, 4) is 11.5 Å². The van der Waals surface area contributed by atoms with Crippen molar-refractivity contribution in [3.05, 3.63) is 23.2 Å². The van der Waals surface area contributed by atoms with Crippen molar-refractivity contribution in [2.24, 2.45) is 5.92 Å². The maximum atomic E-state index is 12.8. The highest BCUT2D eigenvalue weighted by Crippen LogP contribution is 2.62. The van der Waals surface area contributed by atoms with Gasteiger partial charge in [0.25, 0.3) is 0 Å². The number of Topliss-reactive ketones (excluding diaryl/α,β-unsaturated/α-hetero) is 1. The van der Waals surface area contributed by atoms with Crippen LogP contribution in [0.5, 0.6) is 11.5 Å². The summed E-state index contributed by atoms with van der Waals surface area (Å²) in [7, 11) is -0.907. The first kappa shape index (κ1) is 8.34. The maximum Gasteiger partial charge on any atom is 0.174 e. The van der Waals surface area contributed by atoms with Crippen LogP contribution in [-0.2, 0) is 16.6 Å². The number of rotatable bonds is 1. The van der Waals surface area contributed by atoms with E-state index in [4.69, 9.17) is 16.3 Å². The van der Waals surface area contributed by atoms with Crippen LogP contribution in [0.15, 0.2) is 12.1 Å². The van der Waals surface area contributed by atoms with E-state index in [1.54, 1.807) is 0 Å². The summed E-state index contributed by atoms with van der Waals surface area (Å²) in [5.41, 5.74) is 0.419. The second-order valence-corrected chi connectivity index (χ2v) is 6.80. The topological polar surface area (TPSA) is 38.8 Å². The van der Waals surface area contributed by atoms with Gasteiger partial charge in [-0.2, -0.15) is 0 Å². The van der Waals surface area contributed by atoms with Gasteiger partial charge in [-0.25, -0.2) is 0 Å². The molecule has 4 heteroatoms. The van der Waals surface area contributed by atoms with Gasteiger partial charge in [0.1, 0.15) is 0 Å².